The summed E-state index contributed by atoms with van der Waals surface area (Å²) in [7, 11) is 0. The fourth-order valence-corrected chi connectivity index (χ4v) is 2.04. The lowest BCUT2D eigenvalue weighted by atomic mass is 10.1. The van der Waals surface area contributed by atoms with Gasteiger partial charge in [0.05, 0.1) is 5.52 Å². The number of para-hydroxylation sites is 1. The van der Waals surface area contributed by atoms with E-state index in [1.54, 1.807) is 12.3 Å². The number of nitrogens with zero attached hydrogens (tertiary/aromatic N) is 1. The first-order chi connectivity index (χ1) is 9.33. The highest BCUT2D eigenvalue weighted by atomic mass is 16.3. The van der Waals surface area contributed by atoms with Gasteiger partial charge in [0.1, 0.15) is 5.75 Å². The third kappa shape index (κ3) is 2.50. The molecule has 0 aliphatic heterocycles. The van der Waals surface area contributed by atoms with Crippen molar-refractivity contribution >= 4 is 16.6 Å². The number of rotatable bonds is 3. The SMILES string of the molecule is Oc1ccccc1CNc1ccc2ncccc2c1. The largest absolute Gasteiger partial charge is 0.508 e. The molecular weight excluding hydrogens is 236 g/mol. The van der Waals surface area contributed by atoms with Crippen LogP contribution in [0.2, 0.25) is 0 Å². The molecule has 2 N–H and O–H groups in total. The van der Waals surface area contributed by atoms with E-state index in [4.69, 9.17) is 0 Å². The molecule has 3 aromatic rings. The van der Waals surface area contributed by atoms with Crippen LogP contribution in [0.5, 0.6) is 5.75 Å². The molecule has 3 heteroatoms. The van der Waals surface area contributed by atoms with E-state index in [1.165, 1.54) is 0 Å². The van der Waals surface area contributed by atoms with Crippen LogP contribution in [0.15, 0.2) is 60.8 Å². The van der Waals surface area contributed by atoms with Gasteiger partial charge in [-0.1, -0.05) is 24.3 Å². The predicted octanol–water partition coefficient (Wildman–Crippen LogP) is 3.55. The van der Waals surface area contributed by atoms with Gasteiger partial charge in [-0.05, 0) is 30.3 Å². The Morgan fingerprint density at radius 2 is 1.89 bits per heavy atom. The smallest absolute Gasteiger partial charge is 0.120 e. The van der Waals surface area contributed by atoms with E-state index in [0.717, 1.165) is 22.2 Å². The lowest BCUT2D eigenvalue weighted by Crippen LogP contribution is -1.99. The normalized spacial score (nSPS) is 10.5. The van der Waals surface area contributed by atoms with Crippen molar-refractivity contribution in [3.8, 4) is 5.75 Å². The number of aromatic hydroxyl groups is 1. The summed E-state index contributed by atoms with van der Waals surface area (Å²) < 4.78 is 0. The zero-order valence-electron chi connectivity index (χ0n) is 10.4. The molecule has 0 radical (unpaired) electrons. The summed E-state index contributed by atoms with van der Waals surface area (Å²) in [6.45, 7) is 0.596. The van der Waals surface area contributed by atoms with Crippen molar-refractivity contribution in [1.82, 2.24) is 4.98 Å². The fraction of sp³-hybridized carbons (Fsp3) is 0.0625. The maximum absolute atomic E-state index is 9.71. The van der Waals surface area contributed by atoms with Gasteiger partial charge in [-0.15, -0.1) is 0 Å². The molecule has 0 atom stereocenters. The van der Waals surface area contributed by atoms with Gasteiger partial charge in [0, 0.05) is 29.4 Å². The molecule has 0 spiro atoms. The first kappa shape index (κ1) is 11.5. The molecule has 0 amide bonds. The van der Waals surface area contributed by atoms with Gasteiger partial charge in [0.2, 0.25) is 0 Å². The molecular formula is C16H14N2O. The van der Waals surface area contributed by atoms with E-state index in [0.29, 0.717) is 12.3 Å². The van der Waals surface area contributed by atoms with Crippen LogP contribution in [-0.2, 0) is 6.54 Å². The number of hydrogen-bond acceptors (Lipinski definition) is 3. The van der Waals surface area contributed by atoms with Crippen molar-refractivity contribution in [3.05, 3.63) is 66.4 Å². The highest BCUT2D eigenvalue weighted by molar-refractivity contribution is 5.82. The van der Waals surface area contributed by atoms with Crippen molar-refractivity contribution in [2.75, 3.05) is 5.32 Å². The minimum atomic E-state index is 0.317. The van der Waals surface area contributed by atoms with Crippen LogP contribution < -0.4 is 5.32 Å². The second-order valence-electron chi connectivity index (χ2n) is 4.39. The topological polar surface area (TPSA) is 45.1 Å². The van der Waals surface area contributed by atoms with Crippen LogP contribution in [0.3, 0.4) is 0 Å². The van der Waals surface area contributed by atoms with E-state index >= 15 is 0 Å². The van der Waals surface area contributed by atoms with Crippen LogP contribution in [0.25, 0.3) is 10.9 Å². The third-order valence-electron chi connectivity index (χ3n) is 3.08. The summed E-state index contributed by atoms with van der Waals surface area (Å²) in [4.78, 5) is 4.29. The number of phenolic OH excluding ortho intramolecular Hbond substituents is 1. The predicted molar refractivity (Wildman–Crippen MR) is 77.2 cm³/mol. The number of pyridine rings is 1. The Kier molecular flexibility index (Phi) is 3.02. The van der Waals surface area contributed by atoms with Crippen LogP contribution in [-0.4, -0.2) is 10.1 Å². The van der Waals surface area contributed by atoms with E-state index in [2.05, 4.69) is 16.4 Å². The van der Waals surface area contributed by atoms with Crippen molar-refractivity contribution < 1.29 is 5.11 Å². The van der Waals surface area contributed by atoms with Crippen LogP contribution in [0.1, 0.15) is 5.56 Å². The van der Waals surface area contributed by atoms with E-state index in [1.807, 2.05) is 42.5 Å². The van der Waals surface area contributed by atoms with Crippen molar-refractivity contribution in [3.63, 3.8) is 0 Å². The highest BCUT2D eigenvalue weighted by Gasteiger charge is 2.00. The minimum Gasteiger partial charge on any atom is -0.508 e. The summed E-state index contributed by atoms with van der Waals surface area (Å²) in [5.41, 5.74) is 2.88. The molecule has 0 aliphatic carbocycles. The van der Waals surface area contributed by atoms with Gasteiger partial charge in [-0.2, -0.15) is 0 Å². The van der Waals surface area contributed by atoms with E-state index < -0.39 is 0 Å². The number of fused-ring (bicyclic) bond motifs is 1. The minimum absolute atomic E-state index is 0.317. The number of aromatic nitrogens is 1. The maximum Gasteiger partial charge on any atom is 0.120 e. The van der Waals surface area contributed by atoms with Crippen molar-refractivity contribution in [1.29, 1.82) is 0 Å². The zero-order valence-corrected chi connectivity index (χ0v) is 10.4. The Morgan fingerprint density at radius 3 is 2.79 bits per heavy atom. The Bertz CT molecular complexity index is 710. The van der Waals surface area contributed by atoms with Gasteiger partial charge >= 0.3 is 0 Å². The van der Waals surface area contributed by atoms with Crippen molar-refractivity contribution in [2.24, 2.45) is 0 Å². The zero-order chi connectivity index (χ0) is 13.1. The maximum atomic E-state index is 9.71. The first-order valence-electron chi connectivity index (χ1n) is 6.18. The molecule has 0 bridgehead atoms. The summed E-state index contributed by atoms with van der Waals surface area (Å²) in [5.74, 6) is 0.317. The van der Waals surface area contributed by atoms with Gasteiger partial charge < -0.3 is 10.4 Å². The molecule has 0 unspecified atom stereocenters. The molecule has 94 valence electrons. The van der Waals surface area contributed by atoms with E-state index in [9.17, 15) is 5.11 Å². The Labute approximate surface area is 111 Å². The lowest BCUT2D eigenvalue weighted by Gasteiger charge is -2.08. The molecule has 3 rings (SSSR count). The standard InChI is InChI=1S/C16H14N2O/c19-16-6-2-1-4-13(16)11-18-14-7-8-15-12(10-14)5-3-9-17-15/h1-10,18-19H,11H2. The summed E-state index contributed by atoms with van der Waals surface area (Å²) >= 11 is 0. The highest BCUT2D eigenvalue weighted by Crippen LogP contribution is 2.20. The quantitative estimate of drug-likeness (QED) is 0.747. The third-order valence-corrected chi connectivity index (χ3v) is 3.08. The lowest BCUT2D eigenvalue weighted by molar-refractivity contribution is 0.469. The number of anilines is 1. The molecule has 1 heterocycles. The summed E-state index contributed by atoms with van der Waals surface area (Å²) in [5, 5.41) is 14.1. The first-order valence-corrected chi connectivity index (χ1v) is 6.18. The van der Waals surface area contributed by atoms with Crippen LogP contribution >= 0.6 is 0 Å². The average Bonchev–Trinajstić information content (AvgIpc) is 2.46. The number of phenols is 1. The second kappa shape index (κ2) is 4.98. The second-order valence-corrected chi connectivity index (χ2v) is 4.39. The number of nitrogens with one attached hydrogen (secondary N) is 1. The Balaban J connectivity index is 1.80. The molecule has 19 heavy (non-hydrogen) atoms. The summed E-state index contributed by atoms with van der Waals surface area (Å²) in [6.07, 6.45) is 1.79. The van der Waals surface area contributed by atoms with Gasteiger partial charge in [-0.25, -0.2) is 0 Å². The van der Waals surface area contributed by atoms with Crippen LogP contribution in [0, 0.1) is 0 Å². The monoisotopic (exact) mass is 250 g/mol. The molecule has 0 saturated heterocycles. The molecule has 2 aromatic carbocycles. The molecule has 1 aromatic heterocycles. The van der Waals surface area contributed by atoms with E-state index in [-0.39, 0.29) is 0 Å². The molecule has 3 nitrogen and oxygen atoms in total. The van der Waals surface area contributed by atoms with Gasteiger partial charge in [-0.3, -0.25) is 4.98 Å². The molecule has 0 fully saturated rings. The van der Waals surface area contributed by atoms with Crippen molar-refractivity contribution in [2.45, 2.75) is 6.54 Å². The molecule has 0 aliphatic rings. The fourth-order valence-electron chi connectivity index (χ4n) is 2.04. The van der Waals surface area contributed by atoms with Gasteiger partial charge in [0.15, 0.2) is 0 Å². The number of hydrogen-bond donors (Lipinski definition) is 2. The molecule has 0 saturated carbocycles. The Morgan fingerprint density at radius 1 is 1.00 bits per heavy atom. The number of benzene rings is 2. The van der Waals surface area contributed by atoms with Gasteiger partial charge in [0.25, 0.3) is 0 Å². The average molecular weight is 250 g/mol. The summed E-state index contributed by atoms with van der Waals surface area (Å²) in [6, 6.07) is 17.3. The Hall–Kier alpha value is -2.55. The van der Waals surface area contributed by atoms with Crippen LogP contribution in [0.4, 0.5) is 5.69 Å².